The van der Waals surface area contributed by atoms with Crippen LogP contribution in [0.5, 0.6) is 0 Å². The fourth-order valence-electron chi connectivity index (χ4n) is 4.15. The van der Waals surface area contributed by atoms with Crippen molar-refractivity contribution in [1.82, 2.24) is 10.2 Å². The van der Waals surface area contributed by atoms with E-state index in [1.165, 1.54) is 0 Å². The highest BCUT2D eigenvalue weighted by molar-refractivity contribution is 6.08. The van der Waals surface area contributed by atoms with Crippen LogP contribution >= 0.6 is 0 Å². The number of hydrogen-bond acceptors (Lipinski definition) is 6. The van der Waals surface area contributed by atoms with E-state index in [0.29, 0.717) is 25.9 Å². The van der Waals surface area contributed by atoms with Crippen LogP contribution in [0, 0.1) is 5.92 Å². The van der Waals surface area contributed by atoms with E-state index in [2.05, 4.69) is 15.5 Å². The first-order valence-corrected chi connectivity index (χ1v) is 10.1. The third-order valence-corrected chi connectivity index (χ3v) is 5.78. The number of piperidine rings is 2. The number of benzene rings is 1. The van der Waals surface area contributed by atoms with E-state index in [4.69, 9.17) is 4.74 Å². The van der Waals surface area contributed by atoms with E-state index in [1.807, 2.05) is 45.0 Å². The maximum Gasteiger partial charge on any atom is 0.410 e. The molecule has 1 aromatic carbocycles. The molecule has 2 bridgehead atoms. The minimum Gasteiger partial charge on any atom is -0.444 e. The molecule has 1 aliphatic carbocycles. The molecular formula is C21H28N4O4. The molecule has 156 valence electrons. The fraction of sp³-hybridized carbons (Fsp3) is 0.571. The average Bonchev–Trinajstić information content (AvgIpc) is 2.62. The van der Waals surface area contributed by atoms with Gasteiger partial charge in [-0.05, 0) is 57.9 Å². The molecule has 0 spiro atoms. The van der Waals surface area contributed by atoms with Crippen molar-refractivity contribution in [3.8, 4) is 0 Å². The largest absolute Gasteiger partial charge is 0.444 e. The average molecular weight is 400 g/mol. The third-order valence-electron chi connectivity index (χ3n) is 5.78. The lowest BCUT2D eigenvalue weighted by Crippen LogP contribution is -2.69. The molecule has 3 saturated heterocycles. The molecule has 3 amide bonds. The summed E-state index contributed by atoms with van der Waals surface area (Å²) in [6, 6.07) is 7.96. The predicted octanol–water partition coefficient (Wildman–Crippen LogP) is 1.96. The van der Waals surface area contributed by atoms with Gasteiger partial charge in [0.2, 0.25) is 5.91 Å². The molecule has 1 aromatic rings. The first kappa shape index (κ1) is 19.5. The van der Waals surface area contributed by atoms with E-state index in [9.17, 15) is 14.4 Å². The molecule has 29 heavy (non-hydrogen) atoms. The summed E-state index contributed by atoms with van der Waals surface area (Å²) in [5.74, 6) is -0.437. The highest BCUT2D eigenvalue weighted by Gasteiger charge is 2.57. The van der Waals surface area contributed by atoms with Gasteiger partial charge in [0.05, 0.1) is 0 Å². The number of carbonyl (C=O) groups excluding carboxylic acids is 3. The Morgan fingerprint density at radius 2 is 1.72 bits per heavy atom. The monoisotopic (exact) mass is 400 g/mol. The molecule has 0 aromatic heterocycles. The Hall–Kier alpha value is -2.77. The highest BCUT2D eigenvalue weighted by atomic mass is 16.6. The lowest BCUT2D eigenvalue weighted by Gasteiger charge is -2.50. The molecular weight excluding hydrogens is 372 g/mol. The number of nitrogens with one attached hydrogen (secondary N) is 2. The van der Waals surface area contributed by atoms with Gasteiger partial charge in [0.1, 0.15) is 11.1 Å². The van der Waals surface area contributed by atoms with Crippen LogP contribution in [0.25, 0.3) is 0 Å². The SMILES string of the molecule is CC(C)(C)OC(=O)N1CCN(c2ccc(NC34CC(C3)C(=O)NC4=O)cc2)CC1. The van der Waals surface area contributed by atoms with E-state index in [-0.39, 0.29) is 23.8 Å². The number of piperazine rings is 1. The molecule has 1 saturated carbocycles. The highest BCUT2D eigenvalue weighted by Crippen LogP contribution is 2.44. The van der Waals surface area contributed by atoms with Crippen LogP contribution in [0.1, 0.15) is 33.6 Å². The first-order valence-electron chi connectivity index (χ1n) is 10.1. The topological polar surface area (TPSA) is 91.0 Å². The summed E-state index contributed by atoms with van der Waals surface area (Å²) in [6.45, 7) is 8.32. The number of ether oxygens (including phenoxy) is 1. The van der Waals surface area contributed by atoms with E-state index >= 15 is 0 Å². The Kier molecular flexibility index (Phi) is 4.67. The van der Waals surface area contributed by atoms with Crippen LogP contribution in [0.3, 0.4) is 0 Å². The number of fused-ring (bicyclic) bond motifs is 2. The second kappa shape index (κ2) is 6.93. The van der Waals surface area contributed by atoms with Crippen molar-refractivity contribution in [3.05, 3.63) is 24.3 Å². The van der Waals surface area contributed by atoms with Crippen LogP contribution in [-0.4, -0.2) is 60.1 Å². The molecule has 8 heteroatoms. The predicted molar refractivity (Wildman–Crippen MR) is 109 cm³/mol. The number of nitrogens with zero attached hydrogens (tertiary/aromatic N) is 2. The van der Waals surface area contributed by atoms with Crippen molar-refractivity contribution < 1.29 is 19.1 Å². The Balaban J connectivity index is 1.32. The van der Waals surface area contributed by atoms with Crippen molar-refractivity contribution in [2.45, 2.75) is 44.8 Å². The van der Waals surface area contributed by atoms with E-state index < -0.39 is 11.1 Å². The molecule has 5 rings (SSSR count). The van der Waals surface area contributed by atoms with Gasteiger partial charge in [-0.1, -0.05) is 0 Å². The molecule has 4 fully saturated rings. The summed E-state index contributed by atoms with van der Waals surface area (Å²) in [6.07, 6.45) is 0.858. The number of rotatable bonds is 3. The zero-order chi connectivity index (χ0) is 20.8. The lowest BCUT2D eigenvalue weighted by atomic mass is 9.64. The number of hydrogen-bond donors (Lipinski definition) is 2. The van der Waals surface area contributed by atoms with Crippen molar-refractivity contribution in [1.29, 1.82) is 0 Å². The normalized spacial score (nSPS) is 26.5. The van der Waals surface area contributed by atoms with Crippen LogP contribution in [0.4, 0.5) is 16.2 Å². The zero-order valence-electron chi connectivity index (χ0n) is 17.2. The molecule has 0 radical (unpaired) electrons. The molecule has 3 aliphatic heterocycles. The van der Waals surface area contributed by atoms with Gasteiger partial charge < -0.3 is 19.9 Å². The number of anilines is 2. The standard InChI is InChI=1S/C21H28N4O4/c1-20(2,3)29-19(28)25-10-8-24(9-11-25)16-6-4-15(5-7-16)23-21-12-14(13-21)17(26)22-18(21)27/h4-7,14,23H,8-13H2,1-3H3,(H,22,26,27). The maximum absolute atomic E-state index is 12.2. The summed E-state index contributed by atoms with van der Waals surface area (Å²) in [5, 5.41) is 5.75. The van der Waals surface area contributed by atoms with Crippen LogP contribution in [0.15, 0.2) is 24.3 Å². The smallest absolute Gasteiger partial charge is 0.410 e. The van der Waals surface area contributed by atoms with Crippen molar-refractivity contribution in [3.63, 3.8) is 0 Å². The second-order valence-electron chi connectivity index (χ2n) is 9.13. The Morgan fingerprint density at radius 3 is 2.28 bits per heavy atom. The Labute approximate surface area is 170 Å². The number of imide groups is 1. The van der Waals surface area contributed by atoms with Gasteiger partial charge in [0, 0.05) is 43.5 Å². The molecule has 8 nitrogen and oxygen atoms in total. The van der Waals surface area contributed by atoms with Crippen LogP contribution in [-0.2, 0) is 14.3 Å². The van der Waals surface area contributed by atoms with Crippen molar-refractivity contribution in [2.75, 3.05) is 36.4 Å². The van der Waals surface area contributed by atoms with Gasteiger partial charge in [0.25, 0.3) is 5.91 Å². The number of amides is 3. The van der Waals surface area contributed by atoms with Crippen molar-refractivity contribution in [2.24, 2.45) is 5.92 Å². The van der Waals surface area contributed by atoms with Gasteiger partial charge in [0.15, 0.2) is 0 Å². The van der Waals surface area contributed by atoms with Gasteiger partial charge in [-0.3, -0.25) is 14.9 Å². The fourth-order valence-corrected chi connectivity index (χ4v) is 4.15. The summed E-state index contributed by atoms with van der Waals surface area (Å²) < 4.78 is 5.44. The zero-order valence-corrected chi connectivity index (χ0v) is 17.2. The van der Waals surface area contributed by atoms with E-state index in [0.717, 1.165) is 24.5 Å². The van der Waals surface area contributed by atoms with Crippen LogP contribution < -0.4 is 15.5 Å². The van der Waals surface area contributed by atoms with Gasteiger partial charge >= 0.3 is 6.09 Å². The summed E-state index contributed by atoms with van der Waals surface area (Å²) >= 11 is 0. The summed E-state index contributed by atoms with van der Waals surface area (Å²) in [4.78, 5) is 40.0. The Morgan fingerprint density at radius 1 is 1.10 bits per heavy atom. The summed E-state index contributed by atoms with van der Waals surface area (Å²) in [5.41, 5.74) is 0.800. The molecule has 0 atom stereocenters. The molecule has 4 aliphatic rings. The molecule has 2 N–H and O–H groups in total. The maximum atomic E-state index is 12.2. The minimum atomic E-state index is -0.654. The lowest BCUT2D eigenvalue weighted by molar-refractivity contribution is -0.148. The van der Waals surface area contributed by atoms with Gasteiger partial charge in [-0.15, -0.1) is 0 Å². The molecule has 3 heterocycles. The molecule has 0 unspecified atom stereocenters. The Bertz CT molecular complexity index is 816. The second-order valence-corrected chi connectivity index (χ2v) is 9.13. The summed E-state index contributed by atoms with van der Waals surface area (Å²) in [7, 11) is 0. The van der Waals surface area contributed by atoms with Crippen molar-refractivity contribution >= 4 is 29.3 Å². The minimum absolute atomic E-state index is 0.0549. The third kappa shape index (κ3) is 3.88. The number of carbonyl (C=O) groups is 3. The van der Waals surface area contributed by atoms with Gasteiger partial charge in [-0.2, -0.15) is 0 Å². The quantitative estimate of drug-likeness (QED) is 0.754. The van der Waals surface area contributed by atoms with E-state index in [1.54, 1.807) is 4.90 Å². The van der Waals surface area contributed by atoms with Crippen LogP contribution in [0.2, 0.25) is 0 Å². The van der Waals surface area contributed by atoms with Gasteiger partial charge in [-0.25, -0.2) is 4.79 Å². The first-order chi connectivity index (χ1) is 13.7.